The molecule has 1 heterocycles. The van der Waals surface area contributed by atoms with Gasteiger partial charge in [-0.05, 0) is 30.3 Å². The summed E-state index contributed by atoms with van der Waals surface area (Å²) in [5, 5.41) is 9.85. The predicted octanol–water partition coefficient (Wildman–Crippen LogP) is 3.07. The first-order valence-corrected chi connectivity index (χ1v) is 5.77. The van der Waals surface area contributed by atoms with Crippen molar-refractivity contribution < 1.29 is 9.90 Å². The standard InChI is InChI=1S/C15H14N2O2/c1-3-4-13(10-16-2)17-8-7-11-9-12(15(18)19)5-6-14(11)17/h3-10H,1H2,2H3,(H,18,19)/b13-4+,16-10?. The second-order valence-corrected chi connectivity index (χ2v) is 3.98. The number of benzene rings is 1. The number of hydrogen-bond acceptors (Lipinski definition) is 2. The molecule has 1 aromatic heterocycles. The quantitative estimate of drug-likeness (QED) is 0.673. The van der Waals surface area contributed by atoms with Crippen LogP contribution in [0.5, 0.6) is 0 Å². The van der Waals surface area contributed by atoms with Gasteiger partial charge in [0, 0.05) is 24.8 Å². The van der Waals surface area contributed by atoms with E-state index in [1.165, 1.54) is 0 Å². The van der Waals surface area contributed by atoms with E-state index in [2.05, 4.69) is 11.6 Å². The maximum atomic E-state index is 10.9. The number of hydrogen-bond donors (Lipinski definition) is 1. The Morgan fingerprint density at radius 2 is 2.21 bits per heavy atom. The fraction of sp³-hybridized carbons (Fsp3) is 0.0667. The Hall–Kier alpha value is -2.62. The van der Waals surface area contributed by atoms with Crippen molar-refractivity contribution in [2.75, 3.05) is 7.05 Å². The number of fused-ring (bicyclic) bond motifs is 1. The molecule has 0 saturated heterocycles. The molecule has 4 nitrogen and oxygen atoms in total. The fourth-order valence-electron chi connectivity index (χ4n) is 1.94. The molecular formula is C15H14N2O2. The van der Waals surface area contributed by atoms with Crippen molar-refractivity contribution in [2.24, 2.45) is 4.99 Å². The first kappa shape index (κ1) is 12.8. The number of rotatable bonds is 4. The number of carbonyl (C=O) groups is 1. The van der Waals surface area contributed by atoms with Crippen LogP contribution in [0.25, 0.3) is 16.6 Å². The summed E-state index contributed by atoms with van der Waals surface area (Å²) in [6.07, 6.45) is 7.14. The van der Waals surface area contributed by atoms with Crippen molar-refractivity contribution in [3.05, 3.63) is 54.8 Å². The lowest BCUT2D eigenvalue weighted by Gasteiger charge is -2.05. The minimum Gasteiger partial charge on any atom is -0.478 e. The van der Waals surface area contributed by atoms with Crippen molar-refractivity contribution in [2.45, 2.75) is 0 Å². The fourth-order valence-corrected chi connectivity index (χ4v) is 1.94. The van der Waals surface area contributed by atoms with Crippen molar-refractivity contribution in [1.29, 1.82) is 0 Å². The molecule has 2 aromatic rings. The summed E-state index contributed by atoms with van der Waals surface area (Å²) in [6.45, 7) is 3.68. The molecule has 0 saturated carbocycles. The molecular weight excluding hydrogens is 240 g/mol. The van der Waals surface area contributed by atoms with E-state index in [9.17, 15) is 4.79 Å². The molecule has 0 unspecified atom stereocenters. The highest BCUT2D eigenvalue weighted by molar-refractivity contribution is 6.06. The Bertz CT molecular complexity index is 693. The third-order valence-corrected chi connectivity index (χ3v) is 2.77. The number of aromatic nitrogens is 1. The van der Waals surface area contributed by atoms with Crippen LogP contribution in [-0.2, 0) is 0 Å². The van der Waals surface area contributed by atoms with Crippen LogP contribution in [-0.4, -0.2) is 28.9 Å². The van der Waals surface area contributed by atoms with Gasteiger partial charge in [-0.15, -0.1) is 0 Å². The SMILES string of the molecule is C=C/C=C(\C=NC)n1ccc2cc(C(=O)O)ccc21. The molecule has 0 aliphatic carbocycles. The molecule has 1 aromatic carbocycles. The summed E-state index contributed by atoms with van der Waals surface area (Å²) >= 11 is 0. The second kappa shape index (κ2) is 5.35. The summed E-state index contributed by atoms with van der Waals surface area (Å²) in [4.78, 5) is 14.9. The topological polar surface area (TPSA) is 54.6 Å². The van der Waals surface area contributed by atoms with Crippen LogP contribution >= 0.6 is 0 Å². The van der Waals surface area contributed by atoms with E-state index in [0.717, 1.165) is 16.6 Å². The molecule has 96 valence electrons. The largest absolute Gasteiger partial charge is 0.478 e. The van der Waals surface area contributed by atoms with Crippen LogP contribution in [0, 0.1) is 0 Å². The van der Waals surface area contributed by atoms with Gasteiger partial charge in [0.05, 0.1) is 16.8 Å². The number of aliphatic imine (C=N–C) groups is 1. The average Bonchev–Trinajstić information content (AvgIpc) is 2.81. The minimum absolute atomic E-state index is 0.281. The average molecular weight is 254 g/mol. The number of carboxylic acid groups (broad SMARTS) is 1. The summed E-state index contributed by atoms with van der Waals surface area (Å²) in [6, 6.07) is 6.92. The summed E-state index contributed by atoms with van der Waals surface area (Å²) in [5.41, 5.74) is 2.08. The van der Waals surface area contributed by atoms with Gasteiger partial charge in [0.1, 0.15) is 0 Å². The molecule has 0 fully saturated rings. The molecule has 4 heteroatoms. The number of allylic oxidation sites excluding steroid dienone is 3. The van der Waals surface area contributed by atoms with E-state index in [1.807, 2.05) is 22.9 Å². The van der Waals surface area contributed by atoms with Gasteiger partial charge in [0.2, 0.25) is 0 Å². The van der Waals surface area contributed by atoms with E-state index in [-0.39, 0.29) is 5.56 Å². The van der Waals surface area contributed by atoms with E-state index >= 15 is 0 Å². The van der Waals surface area contributed by atoms with Crippen LogP contribution in [0.2, 0.25) is 0 Å². The number of nitrogens with zero attached hydrogens (tertiary/aromatic N) is 2. The second-order valence-electron chi connectivity index (χ2n) is 3.98. The van der Waals surface area contributed by atoms with Gasteiger partial charge in [0.25, 0.3) is 0 Å². The van der Waals surface area contributed by atoms with Crippen molar-refractivity contribution in [3.63, 3.8) is 0 Å². The highest BCUT2D eigenvalue weighted by atomic mass is 16.4. The predicted molar refractivity (Wildman–Crippen MR) is 77.8 cm³/mol. The van der Waals surface area contributed by atoms with Crippen LogP contribution in [0.4, 0.5) is 0 Å². The minimum atomic E-state index is -0.924. The summed E-state index contributed by atoms with van der Waals surface area (Å²) in [5.74, 6) is -0.924. The Labute approximate surface area is 111 Å². The zero-order chi connectivity index (χ0) is 13.8. The molecule has 0 aliphatic heterocycles. The smallest absolute Gasteiger partial charge is 0.335 e. The van der Waals surface area contributed by atoms with Crippen LogP contribution < -0.4 is 0 Å². The van der Waals surface area contributed by atoms with Crippen molar-refractivity contribution >= 4 is 28.8 Å². The summed E-state index contributed by atoms with van der Waals surface area (Å²) < 4.78 is 1.94. The Kier molecular flexibility index (Phi) is 3.61. The lowest BCUT2D eigenvalue weighted by Crippen LogP contribution is -1.98. The third kappa shape index (κ3) is 2.47. The lowest BCUT2D eigenvalue weighted by atomic mass is 10.1. The molecule has 0 amide bonds. The molecule has 19 heavy (non-hydrogen) atoms. The third-order valence-electron chi connectivity index (χ3n) is 2.77. The van der Waals surface area contributed by atoms with E-state index in [1.54, 1.807) is 37.5 Å². The molecule has 2 rings (SSSR count). The molecule has 0 radical (unpaired) electrons. The maximum Gasteiger partial charge on any atom is 0.335 e. The van der Waals surface area contributed by atoms with Gasteiger partial charge < -0.3 is 9.67 Å². The van der Waals surface area contributed by atoms with Gasteiger partial charge >= 0.3 is 5.97 Å². The Morgan fingerprint density at radius 3 is 2.84 bits per heavy atom. The monoisotopic (exact) mass is 254 g/mol. The number of aromatic carboxylic acids is 1. The van der Waals surface area contributed by atoms with E-state index in [4.69, 9.17) is 5.11 Å². The normalized spacial score (nSPS) is 12.2. The van der Waals surface area contributed by atoms with Gasteiger partial charge in [-0.2, -0.15) is 0 Å². The first-order chi connectivity index (χ1) is 9.17. The van der Waals surface area contributed by atoms with Crippen LogP contribution in [0.3, 0.4) is 0 Å². The molecule has 1 N–H and O–H groups in total. The van der Waals surface area contributed by atoms with Gasteiger partial charge in [-0.25, -0.2) is 4.79 Å². The van der Waals surface area contributed by atoms with E-state index < -0.39 is 5.97 Å². The maximum absolute atomic E-state index is 10.9. The zero-order valence-electron chi connectivity index (χ0n) is 10.6. The molecule has 0 aliphatic rings. The van der Waals surface area contributed by atoms with Crippen molar-refractivity contribution in [1.82, 2.24) is 4.57 Å². The highest BCUT2D eigenvalue weighted by Crippen LogP contribution is 2.20. The first-order valence-electron chi connectivity index (χ1n) is 5.77. The van der Waals surface area contributed by atoms with Gasteiger partial charge in [-0.1, -0.05) is 12.7 Å². The number of carboxylic acids is 1. The zero-order valence-corrected chi connectivity index (χ0v) is 10.6. The van der Waals surface area contributed by atoms with E-state index in [0.29, 0.717) is 0 Å². The lowest BCUT2D eigenvalue weighted by molar-refractivity contribution is 0.0697. The van der Waals surface area contributed by atoms with Gasteiger partial charge in [-0.3, -0.25) is 4.99 Å². The molecule has 0 spiro atoms. The van der Waals surface area contributed by atoms with Crippen LogP contribution in [0.1, 0.15) is 10.4 Å². The molecule has 0 atom stereocenters. The van der Waals surface area contributed by atoms with Crippen molar-refractivity contribution in [3.8, 4) is 0 Å². The Morgan fingerprint density at radius 1 is 1.42 bits per heavy atom. The highest BCUT2D eigenvalue weighted by Gasteiger charge is 2.07. The Balaban J connectivity index is 2.60. The molecule has 0 bridgehead atoms. The van der Waals surface area contributed by atoms with Crippen LogP contribution in [0.15, 0.2) is 54.2 Å². The van der Waals surface area contributed by atoms with Gasteiger partial charge in [0.15, 0.2) is 0 Å². The summed E-state index contributed by atoms with van der Waals surface area (Å²) in [7, 11) is 1.70.